The highest BCUT2D eigenvalue weighted by molar-refractivity contribution is 6.34. The van der Waals surface area contributed by atoms with Gasteiger partial charge in [-0.1, -0.05) is 65.3 Å². The predicted octanol–water partition coefficient (Wildman–Crippen LogP) is 4.61. The van der Waals surface area contributed by atoms with Crippen molar-refractivity contribution in [1.29, 1.82) is 0 Å². The number of halogens is 1. The molecule has 35 heavy (non-hydrogen) atoms. The van der Waals surface area contributed by atoms with Crippen LogP contribution in [0.4, 0.5) is 5.69 Å². The molecule has 0 aliphatic heterocycles. The van der Waals surface area contributed by atoms with Crippen LogP contribution in [0.5, 0.6) is 5.75 Å². The second-order valence-corrected chi connectivity index (χ2v) is 11.1. The Hall–Kier alpha value is -3.07. The fourth-order valence-corrected chi connectivity index (χ4v) is 4.05. The van der Waals surface area contributed by atoms with Gasteiger partial charge in [-0.3, -0.25) is 14.7 Å². The zero-order chi connectivity index (χ0) is 26.2. The molecule has 9 nitrogen and oxygen atoms in total. The van der Waals surface area contributed by atoms with Gasteiger partial charge in [0.15, 0.2) is 18.1 Å². The average molecular weight is 503 g/mol. The maximum atomic E-state index is 12.9. The second kappa shape index (κ2) is 9.53. The minimum atomic E-state index is -0.730. The van der Waals surface area contributed by atoms with Gasteiger partial charge in [0.2, 0.25) is 5.91 Å². The zero-order valence-electron chi connectivity index (χ0n) is 21.7. The lowest BCUT2D eigenvalue weighted by Crippen LogP contribution is -2.57. The number of ether oxygens (including phenoxy) is 1. The molecule has 0 radical (unpaired) electrons. The summed E-state index contributed by atoms with van der Waals surface area (Å²) in [6.45, 7) is 15.6. The molecule has 10 heteroatoms. The molecule has 0 spiro atoms. The molecule has 3 rings (SSSR count). The second-order valence-electron chi connectivity index (χ2n) is 10.7. The highest BCUT2D eigenvalue weighted by Gasteiger charge is 2.44. The van der Waals surface area contributed by atoms with Crippen molar-refractivity contribution in [2.75, 3.05) is 11.9 Å². The van der Waals surface area contributed by atoms with Crippen LogP contribution in [0.15, 0.2) is 24.3 Å². The van der Waals surface area contributed by atoms with Crippen molar-refractivity contribution >= 4 is 34.7 Å². The molecule has 190 valence electrons. The minimum Gasteiger partial charge on any atom is -0.482 e. The highest BCUT2D eigenvalue weighted by Crippen LogP contribution is 2.37. The molecule has 3 N–H and O–H groups in total. The van der Waals surface area contributed by atoms with Crippen LogP contribution in [0.25, 0.3) is 5.65 Å². The summed E-state index contributed by atoms with van der Waals surface area (Å²) in [4.78, 5) is 24.7. The molecular weight excluding hydrogens is 468 g/mol. The number of benzene rings is 1. The predicted molar refractivity (Wildman–Crippen MR) is 137 cm³/mol. The summed E-state index contributed by atoms with van der Waals surface area (Å²) in [6, 6.07) is 7.02. The standard InChI is InChI=1S/C25H35ClN6O3/c1-9-17(33)27-15-12-10-11-13-16(15)35-14-18(34)28-25(7,8)24(5,6)22-30-29-21-19(26)20(23(2,3)4)31-32(21)22/h10-13,31H,9,14H2,1-8H3,(H,27,33)(H,28,34). The number of amides is 2. The Morgan fingerprint density at radius 3 is 2.34 bits per heavy atom. The molecule has 0 fully saturated rings. The summed E-state index contributed by atoms with van der Waals surface area (Å²) < 4.78 is 7.53. The van der Waals surface area contributed by atoms with Crippen molar-refractivity contribution < 1.29 is 14.3 Å². The first-order valence-electron chi connectivity index (χ1n) is 11.6. The van der Waals surface area contributed by atoms with Gasteiger partial charge in [-0.15, -0.1) is 10.2 Å². The van der Waals surface area contributed by atoms with Crippen molar-refractivity contribution in [3.63, 3.8) is 0 Å². The number of H-pyrrole nitrogens is 1. The fourth-order valence-electron chi connectivity index (χ4n) is 3.60. The van der Waals surface area contributed by atoms with Crippen LogP contribution >= 0.6 is 11.6 Å². The van der Waals surface area contributed by atoms with E-state index >= 15 is 0 Å². The van der Waals surface area contributed by atoms with E-state index in [4.69, 9.17) is 16.3 Å². The molecule has 0 atom stereocenters. The van der Waals surface area contributed by atoms with Gasteiger partial charge in [0, 0.05) is 22.8 Å². The van der Waals surface area contributed by atoms with E-state index in [0.29, 0.717) is 34.4 Å². The summed E-state index contributed by atoms with van der Waals surface area (Å²) in [6.07, 6.45) is 0.345. The maximum Gasteiger partial charge on any atom is 0.258 e. The largest absolute Gasteiger partial charge is 0.482 e. The minimum absolute atomic E-state index is 0.132. The van der Waals surface area contributed by atoms with Gasteiger partial charge >= 0.3 is 0 Å². The van der Waals surface area contributed by atoms with E-state index in [1.807, 2.05) is 27.7 Å². The van der Waals surface area contributed by atoms with Crippen molar-refractivity contribution in [2.24, 2.45) is 0 Å². The molecule has 0 saturated heterocycles. The SMILES string of the molecule is CCC(=O)Nc1ccccc1OCC(=O)NC(C)(C)C(C)(C)c1nnc2c(Cl)c(C(C)(C)C)[nH]n12. The number of nitrogens with one attached hydrogen (secondary N) is 3. The number of hydrogen-bond donors (Lipinski definition) is 3. The van der Waals surface area contributed by atoms with E-state index in [2.05, 4.69) is 46.7 Å². The molecule has 3 aromatic rings. The highest BCUT2D eigenvalue weighted by atomic mass is 35.5. The van der Waals surface area contributed by atoms with Gasteiger partial charge in [-0.25, -0.2) is 4.52 Å². The maximum absolute atomic E-state index is 12.9. The van der Waals surface area contributed by atoms with Crippen molar-refractivity contribution in [3.05, 3.63) is 40.8 Å². The number of nitrogens with zero attached hydrogens (tertiary/aromatic N) is 3. The van der Waals surface area contributed by atoms with Gasteiger partial charge in [0.1, 0.15) is 10.8 Å². The van der Waals surface area contributed by atoms with Crippen LogP contribution in [0.3, 0.4) is 0 Å². The Balaban J connectivity index is 1.78. The fraction of sp³-hybridized carbons (Fsp3) is 0.520. The van der Waals surface area contributed by atoms with E-state index < -0.39 is 11.0 Å². The molecule has 0 bridgehead atoms. The van der Waals surface area contributed by atoms with Crippen molar-refractivity contribution in [1.82, 2.24) is 25.1 Å². The summed E-state index contributed by atoms with van der Waals surface area (Å²) in [7, 11) is 0. The number of aromatic amines is 1. The smallest absolute Gasteiger partial charge is 0.258 e. The average Bonchev–Trinajstić information content (AvgIpc) is 3.33. The number of aromatic nitrogens is 4. The summed E-state index contributed by atoms with van der Waals surface area (Å²) in [5.74, 6) is 0.632. The number of carbonyl (C=O) groups is 2. The Bertz CT molecular complexity index is 1240. The lowest BCUT2D eigenvalue weighted by atomic mass is 9.73. The number of rotatable bonds is 8. The summed E-state index contributed by atoms with van der Waals surface area (Å²) >= 11 is 6.59. The lowest BCUT2D eigenvalue weighted by Gasteiger charge is -2.40. The van der Waals surface area contributed by atoms with Gasteiger partial charge in [-0.2, -0.15) is 0 Å². The van der Waals surface area contributed by atoms with E-state index in [-0.39, 0.29) is 23.8 Å². The molecule has 2 aromatic heterocycles. The van der Waals surface area contributed by atoms with Gasteiger partial charge < -0.3 is 15.4 Å². The number of para-hydroxylation sites is 2. The lowest BCUT2D eigenvalue weighted by molar-refractivity contribution is -0.125. The third kappa shape index (κ3) is 5.29. The first kappa shape index (κ1) is 26.5. The van der Waals surface area contributed by atoms with Gasteiger partial charge in [0.05, 0.1) is 11.4 Å². The van der Waals surface area contributed by atoms with Crippen LogP contribution in [-0.4, -0.2) is 43.8 Å². The number of carbonyl (C=O) groups excluding carboxylic acids is 2. The van der Waals surface area contributed by atoms with Crippen LogP contribution < -0.4 is 15.4 Å². The van der Waals surface area contributed by atoms with Gasteiger partial charge in [0.25, 0.3) is 5.91 Å². The topological polar surface area (TPSA) is 113 Å². The van der Waals surface area contributed by atoms with Crippen LogP contribution in [0.1, 0.15) is 73.3 Å². The molecule has 1 aromatic carbocycles. The zero-order valence-corrected chi connectivity index (χ0v) is 22.4. The number of fused-ring (bicyclic) bond motifs is 1. The number of anilines is 1. The molecule has 0 aliphatic rings. The Labute approximate surface area is 211 Å². The van der Waals surface area contributed by atoms with Crippen LogP contribution in [0.2, 0.25) is 5.02 Å². The molecule has 2 heterocycles. The van der Waals surface area contributed by atoms with E-state index in [1.54, 1.807) is 35.7 Å². The Kier molecular flexibility index (Phi) is 7.22. The molecule has 0 saturated carbocycles. The summed E-state index contributed by atoms with van der Waals surface area (Å²) in [5.41, 5.74) is 0.370. The van der Waals surface area contributed by atoms with Crippen molar-refractivity contribution in [3.8, 4) is 5.75 Å². The quantitative estimate of drug-likeness (QED) is 0.416. The molecular formula is C25H35ClN6O3. The van der Waals surface area contributed by atoms with Crippen molar-refractivity contribution in [2.45, 2.75) is 78.2 Å². The number of hydrogen-bond acceptors (Lipinski definition) is 5. The molecule has 2 amide bonds. The normalized spacial score (nSPS) is 12.6. The first-order chi connectivity index (χ1) is 16.2. The first-order valence-corrected chi connectivity index (χ1v) is 12.0. The monoisotopic (exact) mass is 502 g/mol. The van der Waals surface area contributed by atoms with E-state index in [0.717, 1.165) is 5.69 Å². The Morgan fingerprint density at radius 2 is 1.71 bits per heavy atom. The summed E-state index contributed by atoms with van der Waals surface area (Å²) in [5, 5.41) is 18.4. The van der Waals surface area contributed by atoms with Crippen LogP contribution in [-0.2, 0) is 20.4 Å². The third-order valence-electron chi connectivity index (χ3n) is 6.47. The molecule has 0 aliphatic carbocycles. The van der Waals surface area contributed by atoms with E-state index in [9.17, 15) is 9.59 Å². The Morgan fingerprint density at radius 1 is 1.06 bits per heavy atom. The third-order valence-corrected chi connectivity index (χ3v) is 6.82. The van der Waals surface area contributed by atoms with E-state index in [1.165, 1.54) is 0 Å². The van der Waals surface area contributed by atoms with Crippen LogP contribution in [0, 0.1) is 0 Å². The molecule has 0 unspecified atom stereocenters. The van der Waals surface area contributed by atoms with Gasteiger partial charge in [-0.05, 0) is 26.0 Å².